The number of ether oxygens (including phenoxy) is 2. The zero-order valence-electron chi connectivity index (χ0n) is 22.4. The summed E-state index contributed by atoms with van der Waals surface area (Å²) in [6.45, 7) is 8.75. The lowest BCUT2D eigenvalue weighted by atomic mass is 10.1. The first-order valence-corrected chi connectivity index (χ1v) is 12.7. The lowest BCUT2D eigenvalue weighted by molar-refractivity contribution is -0.118. The highest BCUT2D eigenvalue weighted by Crippen LogP contribution is 2.20. The van der Waals surface area contributed by atoms with Crippen molar-refractivity contribution in [2.24, 2.45) is 0 Å². The van der Waals surface area contributed by atoms with Gasteiger partial charge in [0.05, 0.1) is 5.56 Å². The van der Waals surface area contributed by atoms with Crippen LogP contribution in [0.2, 0.25) is 0 Å². The Morgan fingerprint density at radius 3 is 2.03 bits per heavy atom. The van der Waals surface area contributed by atoms with Crippen molar-refractivity contribution in [3.05, 3.63) is 89.5 Å². The molecule has 3 aromatic carbocycles. The Bertz CT molecular complexity index is 1200. The normalized spacial score (nSPS) is 10.7. The van der Waals surface area contributed by atoms with Gasteiger partial charge in [-0.3, -0.25) is 9.59 Å². The standard InChI is InChI=1S/C30H35N3O5/c1-5-33(6-2)19-20-37-30(36)24-11-13-25(14-12-24)31-28(34)21-38-27-17-15-26(16-18-27)32(4)29(35)23-9-7-22(3)8-10-23/h7-18H,5-6,19-21H2,1-4H3,(H,31,34). The quantitative estimate of drug-likeness (QED) is 0.348. The molecule has 2 amide bonds. The fourth-order valence-electron chi connectivity index (χ4n) is 3.70. The predicted octanol–water partition coefficient (Wildman–Crippen LogP) is 4.79. The second kappa shape index (κ2) is 13.9. The molecule has 0 saturated carbocycles. The number of likely N-dealkylation sites (N-methyl/N-ethyl adjacent to an activating group) is 1. The summed E-state index contributed by atoms with van der Waals surface area (Å²) < 4.78 is 10.9. The van der Waals surface area contributed by atoms with E-state index in [1.54, 1.807) is 72.6 Å². The van der Waals surface area contributed by atoms with Crippen molar-refractivity contribution in [2.45, 2.75) is 20.8 Å². The third-order valence-corrected chi connectivity index (χ3v) is 6.14. The van der Waals surface area contributed by atoms with Crippen molar-refractivity contribution < 1.29 is 23.9 Å². The molecule has 38 heavy (non-hydrogen) atoms. The van der Waals surface area contributed by atoms with Crippen LogP contribution in [0.3, 0.4) is 0 Å². The molecular formula is C30H35N3O5. The number of anilines is 2. The van der Waals surface area contributed by atoms with Crippen LogP contribution in [-0.4, -0.2) is 62.6 Å². The highest BCUT2D eigenvalue weighted by atomic mass is 16.5. The van der Waals surface area contributed by atoms with Gasteiger partial charge in [0, 0.05) is 30.5 Å². The van der Waals surface area contributed by atoms with Crippen molar-refractivity contribution in [1.29, 1.82) is 0 Å². The van der Waals surface area contributed by atoms with Crippen LogP contribution >= 0.6 is 0 Å². The Morgan fingerprint density at radius 2 is 1.42 bits per heavy atom. The molecule has 0 aliphatic rings. The van der Waals surface area contributed by atoms with Crippen LogP contribution in [0, 0.1) is 6.92 Å². The smallest absolute Gasteiger partial charge is 0.338 e. The Kier molecular flexibility index (Phi) is 10.4. The van der Waals surface area contributed by atoms with Crippen LogP contribution in [0.4, 0.5) is 11.4 Å². The van der Waals surface area contributed by atoms with Crippen LogP contribution in [0.1, 0.15) is 40.1 Å². The van der Waals surface area contributed by atoms with Gasteiger partial charge in [-0.2, -0.15) is 0 Å². The fourth-order valence-corrected chi connectivity index (χ4v) is 3.70. The minimum atomic E-state index is -0.395. The van der Waals surface area contributed by atoms with E-state index < -0.39 is 5.97 Å². The number of hydrogen-bond donors (Lipinski definition) is 1. The highest BCUT2D eigenvalue weighted by Gasteiger charge is 2.14. The van der Waals surface area contributed by atoms with E-state index in [1.165, 1.54) is 0 Å². The molecule has 0 unspecified atom stereocenters. The number of benzene rings is 3. The number of esters is 1. The van der Waals surface area contributed by atoms with Crippen LogP contribution in [0.15, 0.2) is 72.8 Å². The molecule has 1 N–H and O–H groups in total. The summed E-state index contributed by atoms with van der Waals surface area (Å²) >= 11 is 0. The summed E-state index contributed by atoms with van der Waals surface area (Å²) in [5.74, 6) is -0.344. The predicted molar refractivity (Wildman–Crippen MR) is 149 cm³/mol. The van der Waals surface area contributed by atoms with E-state index in [-0.39, 0.29) is 18.4 Å². The molecule has 0 atom stereocenters. The molecule has 0 aliphatic heterocycles. The molecule has 3 rings (SSSR count). The largest absolute Gasteiger partial charge is 0.484 e. The first kappa shape index (κ1) is 28.4. The Labute approximate surface area is 224 Å². The van der Waals surface area contributed by atoms with Gasteiger partial charge in [0.25, 0.3) is 11.8 Å². The van der Waals surface area contributed by atoms with Gasteiger partial charge >= 0.3 is 5.97 Å². The molecular weight excluding hydrogens is 482 g/mol. The summed E-state index contributed by atoms with van der Waals surface area (Å²) in [5.41, 5.74) is 3.37. The van der Waals surface area contributed by atoms with Crippen molar-refractivity contribution in [3.63, 3.8) is 0 Å². The number of amides is 2. The van der Waals surface area contributed by atoms with Gasteiger partial charge in [-0.15, -0.1) is 0 Å². The van der Waals surface area contributed by atoms with E-state index in [1.807, 2.05) is 19.1 Å². The van der Waals surface area contributed by atoms with Crippen LogP contribution in [-0.2, 0) is 9.53 Å². The third kappa shape index (κ3) is 8.18. The van der Waals surface area contributed by atoms with Crippen LogP contribution in [0.5, 0.6) is 5.75 Å². The van der Waals surface area contributed by atoms with Gasteiger partial charge in [0.2, 0.25) is 0 Å². The minimum Gasteiger partial charge on any atom is -0.484 e. The number of nitrogens with one attached hydrogen (secondary N) is 1. The van der Waals surface area contributed by atoms with Crippen LogP contribution < -0.4 is 15.0 Å². The number of rotatable bonds is 12. The summed E-state index contributed by atoms with van der Waals surface area (Å²) in [4.78, 5) is 41.0. The summed E-state index contributed by atoms with van der Waals surface area (Å²) in [6, 6.07) is 20.9. The first-order valence-electron chi connectivity index (χ1n) is 12.7. The molecule has 8 nitrogen and oxygen atoms in total. The monoisotopic (exact) mass is 517 g/mol. The van der Waals surface area contributed by atoms with Gasteiger partial charge in [0.1, 0.15) is 12.4 Å². The van der Waals surface area contributed by atoms with Gasteiger partial charge in [0.15, 0.2) is 6.61 Å². The molecule has 0 aliphatic carbocycles. The van der Waals surface area contributed by atoms with Gasteiger partial charge in [-0.05, 0) is 80.7 Å². The molecule has 8 heteroatoms. The molecule has 0 fully saturated rings. The SMILES string of the molecule is CCN(CC)CCOC(=O)c1ccc(NC(=O)COc2ccc(N(C)C(=O)c3ccc(C)cc3)cc2)cc1. The molecule has 0 saturated heterocycles. The third-order valence-electron chi connectivity index (χ3n) is 6.14. The van der Waals surface area contributed by atoms with E-state index in [0.717, 1.165) is 18.7 Å². The summed E-state index contributed by atoms with van der Waals surface area (Å²) in [6.07, 6.45) is 0. The van der Waals surface area contributed by atoms with E-state index in [9.17, 15) is 14.4 Å². The van der Waals surface area contributed by atoms with Crippen molar-refractivity contribution >= 4 is 29.2 Å². The van der Waals surface area contributed by atoms with Crippen molar-refractivity contribution in [2.75, 3.05) is 50.1 Å². The topological polar surface area (TPSA) is 88.2 Å². The zero-order chi connectivity index (χ0) is 27.5. The Morgan fingerprint density at radius 1 is 0.816 bits per heavy atom. The van der Waals surface area contributed by atoms with Crippen molar-refractivity contribution in [1.82, 2.24) is 4.90 Å². The second-order valence-electron chi connectivity index (χ2n) is 8.80. The fraction of sp³-hybridized carbons (Fsp3) is 0.300. The van der Waals surface area contributed by atoms with Gasteiger partial charge in [-0.25, -0.2) is 4.79 Å². The average Bonchev–Trinajstić information content (AvgIpc) is 2.94. The molecule has 200 valence electrons. The maximum absolute atomic E-state index is 12.7. The Hall–Kier alpha value is -4.17. The van der Waals surface area contributed by atoms with Gasteiger partial charge in [-0.1, -0.05) is 31.5 Å². The molecule has 0 radical (unpaired) electrons. The molecule has 0 bridgehead atoms. The molecule has 0 aromatic heterocycles. The second-order valence-corrected chi connectivity index (χ2v) is 8.80. The maximum atomic E-state index is 12.7. The number of aryl methyl sites for hydroxylation is 1. The number of nitrogens with zero attached hydrogens (tertiary/aromatic N) is 2. The Balaban J connectivity index is 1.45. The minimum absolute atomic E-state index is 0.114. The maximum Gasteiger partial charge on any atom is 0.338 e. The van der Waals surface area contributed by atoms with Crippen LogP contribution in [0.25, 0.3) is 0 Å². The zero-order valence-corrected chi connectivity index (χ0v) is 22.4. The number of hydrogen-bond acceptors (Lipinski definition) is 6. The van der Waals surface area contributed by atoms with E-state index >= 15 is 0 Å². The average molecular weight is 518 g/mol. The molecule has 0 heterocycles. The van der Waals surface area contributed by atoms with E-state index in [4.69, 9.17) is 9.47 Å². The lowest BCUT2D eigenvalue weighted by Crippen LogP contribution is -2.27. The van der Waals surface area contributed by atoms with E-state index in [2.05, 4.69) is 24.1 Å². The van der Waals surface area contributed by atoms with Gasteiger partial charge < -0.3 is 24.6 Å². The molecule has 0 spiro atoms. The summed E-state index contributed by atoms with van der Waals surface area (Å²) in [5, 5.41) is 2.74. The highest BCUT2D eigenvalue weighted by molar-refractivity contribution is 6.05. The van der Waals surface area contributed by atoms with Crippen molar-refractivity contribution in [3.8, 4) is 5.75 Å². The first-order chi connectivity index (χ1) is 18.3. The number of carbonyl (C=O) groups is 3. The van der Waals surface area contributed by atoms with E-state index in [0.29, 0.717) is 41.4 Å². The number of carbonyl (C=O) groups excluding carboxylic acids is 3. The summed E-state index contributed by atoms with van der Waals surface area (Å²) in [7, 11) is 1.71. The lowest BCUT2D eigenvalue weighted by Gasteiger charge is -2.18. The molecule has 3 aromatic rings.